The number of hydrogen-bond acceptors (Lipinski definition) is 3. The lowest BCUT2D eigenvalue weighted by Crippen LogP contribution is -2.00. The van der Waals surface area contributed by atoms with E-state index in [0.29, 0.717) is 18.8 Å². The van der Waals surface area contributed by atoms with Crippen LogP contribution in [0.2, 0.25) is 0 Å². The molecule has 0 saturated heterocycles. The van der Waals surface area contributed by atoms with Crippen molar-refractivity contribution in [3.05, 3.63) is 29.8 Å². The highest BCUT2D eigenvalue weighted by atomic mass is 16.5. The fraction of sp³-hybridized carbons (Fsp3) is 0.300. The van der Waals surface area contributed by atoms with Gasteiger partial charge in [-0.3, -0.25) is 0 Å². The molecular formula is C10H12O3. The Balaban J connectivity index is 2.58. The van der Waals surface area contributed by atoms with E-state index in [4.69, 9.17) is 9.84 Å². The lowest BCUT2D eigenvalue weighted by atomic mass is 10.2. The van der Waals surface area contributed by atoms with E-state index in [1.54, 1.807) is 12.1 Å². The van der Waals surface area contributed by atoms with Crippen LogP contribution in [0.15, 0.2) is 24.3 Å². The van der Waals surface area contributed by atoms with Crippen molar-refractivity contribution in [2.75, 3.05) is 6.61 Å². The molecule has 0 fully saturated rings. The minimum absolute atomic E-state index is 0.0444. The Morgan fingerprint density at radius 2 is 2.15 bits per heavy atom. The van der Waals surface area contributed by atoms with Gasteiger partial charge < -0.3 is 14.6 Å². The number of benzene rings is 1. The molecule has 0 atom stereocenters. The Morgan fingerprint density at radius 3 is 2.85 bits per heavy atom. The molecule has 13 heavy (non-hydrogen) atoms. The number of carbonyl (C=O) groups is 1. The molecule has 0 aromatic heterocycles. The minimum Gasteiger partial charge on any atom is -0.493 e. The largest absolute Gasteiger partial charge is 0.493 e. The molecular weight excluding hydrogens is 168 g/mol. The van der Waals surface area contributed by atoms with Gasteiger partial charge in [-0.2, -0.15) is 0 Å². The van der Waals surface area contributed by atoms with Gasteiger partial charge in [0.15, 0.2) is 0 Å². The van der Waals surface area contributed by atoms with Gasteiger partial charge in [-0.05, 0) is 6.07 Å². The summed E-state index contributed by atoms with van der Waals surface area (Å²) in [4.78, 5) is 10.0. The Labute approximate surface area is 77.0 Å². The fourth-order valence-corrected chi connectivity index (χ4v) is 0.992. The van der Waals surface area contributed by atoms with E-state index < -0.39 is 0 Å². The molecule has 0 aliphatic heterocycles. The van der Waals surface area contributed by atoms with E-state index in [0.717, 1.165) is 11.8 Å². The van der Waals surface area contributed by atoms with Crippen LogP contribution in [0.5, 0.6) is 5.75 Å². The van der Waals surface area contributed by atoms with Gasteiger partial charge in [-0.25, -0.2) is 0 Å². The first kappa shape index (κ1) is 9.74. The summed E-state index contributed by atoms with van der Waals surface area (Å²) in [5.41, 5.74) is 0.744. The van der Waals surface area contributed by atoms with E-state index in [1.807, 2.05) is 12.1 Å². The van der Waals surface area contributed by atoms with Crippen molar-refractivity contribution in [2.24, 2.45) is 0 Å². The molecule has 0 aliphatic rings. The lowest BCUT2D eigenvalue weighted by molar-refractivity contribution is -0.108. The van der Waals surface area contributed by atoms with Gasteiger partial charge >= 0.3 is 0 Å². The highest BCUT2D eigenvalue weighted by Crippen LogP contribution is 2.17. The summed E-state index contributed by atoms with van der Waals surface area (Å²) >= 11 is 0. The first-order valence-corrected chi connectivity index (χ1v) is 4.13. The number of rotatable bonds is 5. The van der Waals surface area contributed by atoms with Gasteiger partial charge in [0.2, 0.25) is 0 Å². The number of hydrogen-bond donors (Lipinski definition) is 1. The summed E-state index contributed by atoms with van der Waals surface area (Å²) in [6, 6.07) is 7.22. The molecule has 0 unspecified atom stereocenters. The van der Waals surface area contributed by atoms with Crippen molar-refractivity contribution in [2.45, 2.75) is 13.0 Å². The third-order valence-corrected chi connectivity index (χ3v) is 1.64. The number of para-hydroxylation sites is 1. The quantitative estimate of drug-likeness (QED) is 0.546. The van der Waals surface area contributed by atoms with Gasteiger partial charge in [0.1, 0.15) is 12.0 Å². The second kappa shape index (κ2) is 5.32. The first-order valence-electron chi connectivity index (χ1n) is 4.13. The molecule has 0 saturated carbocycles. The Hall–Kier alpha value is -1.35. The van der Waals surface area contributed by atoms with Crippen molar-refractivity contribution < 1.29 is 14.6 Å². The molecule has 3 heteroatoms. The van der Waals surface area contributed by atoms with Crippen LogP contribution >= 0.6 is 0 Å². The molecule has 1 aromatic rings. The number of aldehydes is 1. The maximum absolute atomic E-state index is 10.0. The van der Waals surface area contributed by atoms with Crippen molar-refractivity contribution >= 4 is 6.29 Å². The van der Waals surface area contributed by atoms with Gasteiger partial charge in [-0.1, -0.05) is 18.2 Å². The third-order valence-electron chi connectivity index (χ3n) is 1.64. The van der Waals surface area contributed by atoms with Crippen LogP contribution in [0, 0.1) is 0 Å². The molecule has 0 spiro atoms. The van der Waals surface area contributed by atoms with Crippen molar-refractivity contribution in [1.29, 1.82) is 0 Å². The second-order valence-electron chi connectivity index (χ2n) is 2.57. The third kappa shape index (κ3) is 2.87. The zero-order valence-electron chi connectivity index (χ0n) is 7.27. The predicted octanol–water partition coefficient (Wildman–Crippen LogP) is 1.15. The van der Waals surface area contributed by atoms with Crippen molar-refractivity contribution in [1.82, 2.24) is 0 Å². The monoisotopic (exact) mass is 180 g/mol. The summed E-state index contributed by atoms with van der Waals surface area (Å²) in [7, 11) is 0. The highest BCUT2D eigenvalue weighted by Gasteiger charge is 1.99. The average Bonchev–Trinajstić information content (AvgIpc) is 2.19. The molecule has 0 aliphatic carbocycles. The maximum atomic E-state index is 10.0. The standard InChI is InChI=1S/C10H12O3/c11-6-3-7-13-10-5-2-1-4-9(10)8-12/h1-2,4-6,12H,3,7-8H2. The molecule has 1 aromatic carbocycles. The Bertz CT molecular complexity index is 271. The van der Waals surface area contributed by atoms with Gasteiger partial charge in [-0.15, -0.1) is 0 Å². The topological polar surface area (TPSA) is 46.5 Å². The molecule has 1 rings (SSSR count). The lowest BCUT2D eigenvalue weighted by Gasteiger charge is -2.07. The molecule has 1 N–H and O–H groups in total. The van der Waals surface area contributed by atoms with Crippen LogP contribution in [0.25, 0.3) is 0 Å². The molecule has 0 radical (unpaired) electrons. The zero-order chi connectivity index (χ0) is 9.52. The Morgan fingerprint density at radius 1 is 1.38 bits per heavy atom. The minimum atomic E-state index is -0.0444. The van der Waals surface area contributed by atoms with E-state index in [9.17, 15) is 4.79 Å². The van der Waals surface area contributed by atoms with Crippen LogP contribution in [-0.2, 0) is 11.4 Å². The maximum Gasteiger partial charge on any atom is 0.124 e. The summed E-state index contributed by atoms with van der Waals surface area (Å²) in [5.74, 6) is 0.645. The van der Waals surface area contributed by atoms with Crippen molar-refractivity contribution in [3.63, 3.8) is 0 Å². The number of aliphatic hydroxyl groups is 1. The molecule has 0 bridgehead atoms. The zero-order valence-corrected chi connectivity index (χ0v) is 7.27. The normalized spacial score (nSPS) is 9.62. The summed E-state index contributed by atoms with van der Waals surface area (Å²) < 4.78 is 5.28. The van der Waals surface area contributed by atoms with Crippen molar-refractivity contribution in [3.8, 4) is 5.75 Å². The fourth-order valence-electron chi connectivity index (χ4n) is 0.992. The summed E-state index contributed by atoms with van der Waals surface area (Å²) in [6.07, 6.45) is 1.18. The van der Waals surface area contributed by atoms with E-state index in [2.05, 4.69) is 0 Å². The van der Waals surface area contributed by atoms with E-state index in [-0.39, 0.29) is 6.61 Å². The smallest absolute Gasteiger partial charge is 0.124 e. The first-order chi connectivity index (χ1) is 6.38. The Kier molecular flexibility index (Phi) is 3.99. The van der Waals surface area contributed by atoms with E-state index in [1.165, 1.54) is 0 Å². The predicted molar refractivity (Wildman–Crippen MR) is 48.5 cm³/mol. The number of carbonyl (C=O) groups excluding carboxylic acids is 1. The van der Waals surface area contributed by atoms with Gasteiger partial charge in [0.25, 0.3) is 0 Å². The van der Waals surface area contributed by atoms with Crippen LogP contribution in [0.1, 0.15) is 12.0 Å². The average molecular weight is 180 g/mol. The van der Waals surface area contributed by atoms with Gasteiger partial charge in [0, 0.05) is 12.0 Å². The summed E-state index contributed by atoms with van der Waals surface area (Å²) in [5, 5.41) is 8.93. The SMILES string of the molecule is O=CCCOc1ccccc1CO. The molecule has 0 heterocycles. The number of aliphatic hydroxyl groups excluding tert-OH is 1. The van der Waals surface area contributed by atoms with Crippen LogP contribution in [0.3, 0.4) is 0 Å². The highest BCUT2D eigenvalue weighted by molar-refractivity contribution is 5.49. The summed E-state index contributed by atoms with van der Waals surface area (Å²) in [6.45, 7) is 0.317. The van der Waals surface area contributed by atoms with Crippen LogP contribution < -0.4 is 4.74 Å². The van der Waals surface area contributed by atoms with E-state index >= 15 is 0 Å². The van der Waals surface area contributed by atoms with Gasteiger partial charge in [0.05, 0.1) is 13.2 Å². The molecule has 70 valence electrons. The molecule has 0 amide bonds. The molecule has 3 nitrogen and oxygen atoms in total. The van der Waals surface area contributed by atoms with Crippen LogP contribution in [0.4, 0.5) is 0 Å². The number of ether oxygens (including phenoxy) is 1. The second-order valence-corrected chi connectivity index (χ2v) is 2.57. The van der Waals surface area contributed by atoms with Crippen LogP contribution in [-0.4, -0.2) is 18.0 Å².